The molecule has 0 saturated carbocycles. The number of carboxylic acid groups (broad SMARTS) is 1. The van der Waals surface area contributed by atoms with E-state index in [0.717, 1.165) is 32.4 Å². The van der Waals surface area contributed by atoms with Gasteiger partial charge in [0, 0.05) is 25.9 Å². The Morgan fingerprint density at radius 1 is 1.00 bits per heavy atom. The largest absolute Gasteiger partial charge is 0.480 e. The highest BCUT2D eigenvalue weighted by Crippen LogP contribution is 2.27. The van der Waals surface area contributed by atoms with Gasteiger partial charge in [-0.15, -0.1) is 0 Å². The van der Waals surface area contributed by atoms with Crippen LogP contribution in [-0.4, -0.2) is 66.9 Å². The van der Waals surface area contributed by atoms with Crippen molar-refractivity contribution in [2.75, 3.05) is 37.5 Å². The van der Waals surface area contributed by atoms with Gasteiger partial charge in [-0.1, -0.05) is 42.0 Å². The number of benzene rings is 3. The third-order valence-corrected chi connectivity index (χ3v) is 7.01. The maximum absolute atomic E-state index is 13.7. The zero-order chi connectivity index (χ0) is 28.1. The van der Waals surface area contributed by atoms with Gasteiger partial charge in [0.1, 0.15) is 0 Å². The molecule has 0 radical (unpaired) electrons. The molecule has 0 aromatic heterocycles. The molecule has 3 amide bonds. The summed E-state index contributed by atoms with van der Waals surface area (Å²) in [6.07, 6.45) is 1.25. The second kappa shape index (κ2) is 12.3. The summed E-state index contributed by atoms with van der Waals surface area (Å²) < 4.78 is 11.2. The molecule has 3 aromatic rings. The number of hydrogen-bond donors (Lipinski definition) is 3. The van der Waals surface area contributed by atoms with Crippen LogP contribution in [0.15, 0.2) is 48.5 Å². The lowest BCUT2D eigenvalue weighted by Gasteiger charge is -2.29. The minimum atomic E-state index is -1.20. The highest BCUT2D eigenvalue weighted by atomic mass is 16.5. The van der Waals surface area contributed by atoms with Gasteiger partial charge in [0.2, 0.25) is 0 Å². The standard InChI is InChI=1S/C30H35N3O6/c1-18-13-19(2)27(20(3)14-18)32-30(37)31-25-16-22-8-6-5-7-21(22)15-24(25)28(34)33(4)26(29(35)36)17-39-23-9-11-38-12-10-23/h5-8,13-16,23,26H,9-12,17H2,1-4H3,(H,35,36)(H2,31,32,37). The molecule has 1 atom stereocenters. The van der Waals surface area contributed by atoms with Gasteiger partial charge in [-0.05, 0) is 67.6 Å². The van der Waals surface area contributed by atoms with Crippen molar-refractivity contribution in [2.45, 2.75) is 45.8 Å². The molecule has 1 unspecified atom stereocenters. The first-order valence-electron chi connectivity index (χ1n) is 13.0. The van der Waals surface area contributed by atoms with Crippen LogP contribution in [0.25, 0.3) is 10.8 Å². The molecule has 1 fully saturated rings. The predicted octanol–water partition coefficient (Wildman–Crippen LogP) is 5.13. The molecular formula is C30H35N3O6. The fraction of sp³-hybridized carbons (Fsp3) is 0.367. The van der Waals surface area contributed by atoms with Crippen LogP contribution in [0.2, 0.25) is 0 Å². The SMILES string of the molecule is Cc1cc(C)c(NC(=O)Nc2cc3ccccc3cc2C(=O)N(C)C(COC2CCOCC2)C(=O)O)c(C)c1. The first-order chi connectivity index (χ1) is 18.6. The number of anilines is 2. The van der Waals surface area contributed by atoms with Crippen LogP contribution >= 0.6 is 0 Å². The molecule has 3 N–H and O–H groups in total. The molecular weight excluding hydrogens is 498 g/mol. The third kappa shape index (κ3) is 6.74. The predicted molar refractivity (Wildman–Crippen MR) is 151 cm³/mol. The van der Waals surface area contributed by atoms with Crippen LogP contribution < -0.4 is 10.6 Å². The monoisotopic (exact) mass is 533 g/mol. The van der Waals surface area contributed by atoms with Crippen LogP contribution in [0, 0.1) is 20.8 Å². The molecule has 9 heteroatoms. The Balaban J connectivity index is 1.60. The van der Waals surface area contributed by atoms with Crippen LogP contribution in [0.4, 0.5) is 16.2 Å². The van der Waals surface area contributed by atoms with E-state index in [1.165, 1.54) is 7.05 Å². The summed E-state index contributed by atoms with van der Waals surface area (Å²) in [5.74, 6) is -1.71. The van der Waals surface area contributed by atoms with Crippen LogP contribution in [0.3, 0.4) is 0 Å². The van der Waals surface area contributed by atoms with Gasteiger partial charge in [-0.2, -0.15) is 0 Å². The van der Waals surface area contributed by atoms with Crippen molar-refractivity contribution >= 4 is 40.1 Å². The van der Waals surface area contributed by atoms with Crippen molar-refractivity contribution in [3.8, 4) is 0 Å². The van der Waals surface area contributed by atoms with Gasteiger partial charge in [-0.25, -0.2) is 9.59 Å². The number of rotatable bonds is 8. The number of likely N-dealkylation sites (N-methyl/N-ethyl adjacent to an activating group) is 1. The fourth-order valence-electron chi connectivity index (χ4n) is 4.92. The summed E-state index contributed by atoms with van der Waals surface area (Å²) in [6, 6.07) is 13.1. The Morgan fingerprint density at radius 2 is 1.62 bits per heavy atom. The number of carboxylic acids is 1. The summed E-state index contributed by atoms with van der Waals surface area (Å²) in [7, 11) is 1.44. The van der Waals surface area contributed by atoms with Crippen molar-refractivity contribution in [3.05, 3.63) is 70.8 Å². The van der Waals surface area contributed by atoms with E-state index in [1.54, 1.807) is 12.1 Å². The Hall–Kier alpha value is -3.95. The molecule has 3 aromatic carbocycles. The zero-order valence-corrected chi connectivity index (χ0v) is 22.7. The van der Waals surface area contributed by atoms with Crippen molar-refractivity contribution in [1.29, 1.82) is 0 Å². The second-order valence-corrected chi connectivity index (χ2v) is 10.0. The summed E-state index contributed by atoms with van der Waals surface area (Å²) in [4.78, 5) is 40.1. The number of carbonyl (C=O) groups is 3. The van der Waals surface area contributed by atoms with Gasteiger partial charge in [0.05, 0.1) is 24.0 Å². The van der Waals surface area contributed by atoms with Crippen LogP contribution in [0.5, 0.6) is 0 Å². The van der Waals surface area contributed by atoms with Gasteiger partial charge in [0.25, 0.3) is 5.91 Å². The van der Waals surface area contributed by atoms with Crippen molar-refractivity contribution in [1.82, 2.24) is 4.90 Å². The molecule has 4 rings (SSSR count). The lowest BCUT2D eigenvalue weighted by Crippen LogP contribution is -2.46. The van der Waals surface area contributed by atoms with Crippen LogP contribution in [-0.2, 0) is 14.3 Å². The lowest BCUT2D eigenvalue weighted by molar-refractivity contribution is -0.145. The number of aryl methyl sites for hydroxylation is 3. The number of fused-ring (bicyclic) bond motifs is 1. The first-order valence-corrected chi connectivity index (χ1v) is 13.0. The number of nitrogens with zero attached hydrogens (tertiary/aromatic N) is 1. The molecule has 0 spiro atoms. The summed E-state index contributed by atoms with van der Waals surface area (Å²) >= 11 is 0. The first kappa shape index (κ1) is 28.1. The van der Waals surface area contributed by atoms with E-state index in [-0.39, 0.29) is 24.0 Å². The normalized spacial score (nSPS) is 14.6. The van der Waals surface area contributed by atoms with Gasteiger partial charge >= 0.3 is 12.0 Å². The Kier molecular flexibility index (Phi) is 8.83. The topological polar surface area (TPSA) is 117 Å². The van der Waals surface area contributed by atoms with Gasteiger partial charge in [0.15, 0.2) is 6.04 Å². The minimum Gasteiger partial charge on any atom is -0.480 e. The molecule has 39 heavy (non-hydrogen) atoms. The summed E-state index contributed by atoms with van der Waals surface area (Å²) in [5.41, 5.74) is 4.09. The van der Waals surface area contributed by atoms with Gasteiger partial charge < -0.3 is 30.1 Å². The smallest absolute Gasteiger partial charge is 0.328 e. The van der Waals surface area contributed by atoms with Gasteiger partial charge in [-0.3, -0.25) is 4.79 Å². The summed E-state index contributed by atoms with van der Waals surface area (Å²) in [6.45, 7) is 6.81. The van der Waals surface area contributed by atoms with E-state index in [1.807, 2.05) is 57.2 Å². The molecule has 1 aliphatic heterocycles. The Bertz CT molecular complexity index is 1360. The molecule has 206 valence electrons. The third-order valence-electron chi connectivity index (χ3n) is 7.01. The highest BCUT2D eigenvalue weighted by molar-refractivity contribution is 6.10. The van der Waals surface area contributed by atoms with Crippen molar-refractivity contribution in [3.63, 3.8) is 0 Å². The minimum absolute atomic E-state index is 0.112. The number of aliphatic carboxylic acids is 1. The van der Waals surface area contributed by atoms with E-state index in [9.17, 15) is 19.5 Å². The van der Waals surface area contributed by atoms with E-state index in [4.69, 9.17) is 9.47 Å². The lowest BCUT2D eigenvalue weighted by atomic mass is 10.0. The number of hydrogen-bond acceptors (Lipinski definition) is 5. The maximum atomic E-state index is 13.7. The Morgan fingerprint density at radius 3 is 2.23 bits per heavy atom. The number of carbonyl (C=O) groups excluding carboxylic acids is 2. The zero-order valence-electron chi connectivity index (χ0n) is 22.7. The van der Waals surface area contributed by atoms with E-state index in [0.29, 0.717) is 31.7 Å². The molecule has 1 saturated heterocycles. The highest BCUT2D eigenvalue weighted by Gasteiger charge is 2.30. The number of amides is 3. The molecule has 0 aliphatic carbocycles. The molecule has 1 aliphatic rings. The van der Waals surface area contributed by atoms with Crippen LogP contribution in [0.1, 0.15) is 39.9 Å². The number of ether oxygens (including phenoxy) is 2. The number of urea groups is 1. The molecule has 1 heterocycles. The van der Waals surface area contributed by atoms with Crippen molar-refractivity contribution in [2.24, 2.45) is 0 Å². The molecule has 9 nitrogen and oxygen atoms in total. The van der Waals surface area contributed by atoms with E-state index >= 15 is 0 Å². The van der Waals surface area contributed by atoms with E-state index < -0.39 is 23.9 Å². The summed E-state index contributed by atoms with van der Waals surface area (Å²) in [5, 5.41) is 17.2. The number of nitrogens with one attached hydrogen (secondary N) is 2. The van der Waals surface area contributed by atoms with E-state index in [2.05, 4.69) is 10.6 Å². The average Bonchev–Trinajstić information content (AvgIpc) is 2.90. The molecule has 0 bridgehead atoms. The average molecular weight is 534 g/mol. The Labute approximate surface area is 228 Å². The maximum Gasteiger partial charge on any atom is 0.328 e. The van der Waals surface area contributed by atoms with Crippen molar-refractivity contribution < 1.29 is 29.0 Å². The fourth-order valence-corrected chi connectivity index (χ4v) is 4.92. The quantitative estimate of drug-likeness (QED) is 0.370. The second-order valence-electron chi connectivity index (χ2n) is 10.0.